The number of aromatic hydroxyl groups is 1. The van der Waals surface area contributed by atoms with Crippen molar-refractivity contribution in [3.63, 3.8) is 0 Å². The average Bonchev–Trinajstić information content (AvgIpc) is 2.84. The fraction of sp³-hybridized carbons (Fsp3) is 0.0909. The lowest BCUT2D eigenvalue weighted by molar-refractivity contribution is -0.274. The van der Waals surface area contributed by atoms with E-state index in [1.807, 2.05) is 0 Å². The molecule has 2 aromatic heterocycles. The summed E-state index contributed by atoms with van der Waals surface area (Å²) in [5.41, 5.74) is 0.224. The summed E-state index contributed by atoms with van der Waals surface area (Å²) in [4.78, 5) is 7.55. The van der Waals surface area contributed by atoms with Gasteiger partial charge in [-0.3, -0.25) is 0 Å². The van der Waals surface area contributed by atoms with Gasteiger partial charge in [-0.2, -0.15) is 9.97 Å². The molecule has 114 valence electrons. The summed E-state index contributed by atoms with van der Waals surface area (Å²) in [5, 5.41) is 19.1. The summed E-state index contributed by atoms with van der Waals surface area (Å²) in [6, 6.07) is 5.01. The Morgan fingerprint density at radius 3 is 2.59 bits per heavy atom. The van der Waals surface area contributed by atoms with Gasteiger partial charge in [0.25, 0.3) is 5.88 Å². The van der Waals surface area contributed by atoms with E-state index in [0.29, 0.717) is 0 Å². The Labute approximate surface area is 119 Å². The maximum Gasteiger partial charge on any atom is 0.573 e. The molecule has 0 aliphatic carbocycles. The molecule has 11 heteroatoms. The van der Waals surface area contributed by atoms with Gasteiger partial charge < -0.3 is 15.2 Å². The van der Waals surface area contributed by atoms with E-state index in [1.165, 1.54) is 12.1 Å². The van der Waals surface area contributed by atoms with E-state index < -0.39 is 18.0 Å². The lowest BCUT2D eigenvalue weighted by Crippen LogP contribution is -2.17. The van der Waals surface area contributed by atoms with Gasteiger partial charge in [0.05, 0.1) is 0 Å². The third-order valence-electron chi connectivity index (χ3n) is 2.43. The Kier molecular flexibility index (Phi) is 3.16. The molecule has 8 nitrogen and oxygen atoms in total. The molecular formula is C11H6F3N5O3. The number of ether oxygens (including phenoxy) is 1. The van der Waals surface area contributed by atoms with E-state index in [-0.39, 0.29) is 22.8 Å². The van der Waals surface area contributed by atoms with Crippen molar-refractivity contribution in [2.45, 2.75) is 6.36 Å². The highest BCUT2D eigenvalue weighted by Gasteiger charge is 2.31. The van der Waals surface area contributed by atoms with Gasteiger partial charge in [-0.1, -0.05) is 6.07 Å². The van der Waals surface area contributed by atoms with Crippen molar-refractivity contribution in [1.82, 2.24) is 20.3 Å². The molecular weight excluding hydrogens is 307 g/mol. The van der Waals surface area contributed by atoms with Crippen molar-refractivity contribution in [1.29, 1.82) is 0 Å². The Morgan fingerprint density at radius 1 is 1.14 bits per heavy atom. The maximum absolute atomic E-state index is 12.2. The second-order valence-corrected chi connectivity index (χ2v) is 4.01. The molecule has 0 amide bonds. The van der Waals surface area contributed by atoms with Crippen LogP contribution >= 0.6 is 0 Å². The first-order chi connectivity index (χ1) is 10.4. The minimum absolute atomic E-state index is 0.00259. The molecule has 0 atom stereocenters. The Balaban J connectivity index is 1.88. The van der Waals surface area contributed by atoms with E-state index >= 15 is 0 Å². The molecule has 3 aromatic rings. The molecule has 0 aliphatic rings. The van der Waals surface area contributed by atoms with E-state index in [0.717, 1.165) is 12.1 Å². The van der Waals surface area contributed by atoms with E-state index in [4.69, 9.17) is 0 Å². The molecule has 0 bridgehead atoms. The van der Waals surface area contributed by atoms with Gasteiger partial charge in [0.15, 0.2) is 5.82 Å². The quantitative estimate of drug-likeness (QED) is 0.759. The number of nitrogens with zero attached hydrogens (tertiary/aromatic N) is 4. The van der Waals surface area contributed by atoms with E-state index in [1.54, 1.807) is 0 Å². The maximum atomic E-state index is 12.2. The standard InChI is InChI=1S/C11H6F3N5O3/c12-11(13,14)21-6-3-1-2-5(4-6)15-9-10(20)17-8-7(16-9)18-22-19-8/h1-4H,(H,15,16,18)(H,17,19,20). The number of nitrogens with one attached hydrogen (secondary N) is 1. The monoisotopic (exact) mass is 313 g/mol. The van der Waals surface area contributed by atoms with Crippen LogP contribution in [0.1, 0.15) is 0 Å². The van der Waals surface area contributed by atoms with Crippen LogP contribution in [0.4, 0.5) is 24.7 Å². The average molecular weight is 313 g/mol. The molecule has 0 saturated carbocycles. The van der Waals surface area contributed by atoms with Gasteiger partial charge in [-0.15, -0.1) is 13.2 Å². The summed E-state index contributed by atoms with van der Waals surface area (Å²) in [6.07, 6.45) is -4.80. The molecule has 2 N–H and O–H groups in total. The number of aromatic nitrogens is 4. The normalized spacial score (nSPS) is 11.6. The van der Waals surface area contributed by atoms with Crippen molar-refractivity contribution < 1.29 is 27.6 Å². The van der Waals surface area contributed by atoms with Crippen LogP contribution < -0.4 is 10.1 Å². The predicted molar refractivity (Wildman–Crippen MR) is 65.5 cm³/mol. The first-order valence-corrected chi connectivity index (χ1v) is 5.73. The first-order valence-electron chi connectivity index (χ1n) is 5.73. The van der Waals surface area contributed by atoms with Crippen molar-refractivity contribution >= 4 is 22.8 Å². The molecule has 0 fully saturated rings. The van der Waals surface area contributed by atoms with Crippen LogP contribution in [0.2, 0.25) is 0 Å². The first kappa shape index (κ1) is 13.9. The molecule has 1 aromatic carbocycles. The van der Waals surface area contributed by atoms with Crippen molar-refractivity contribution in [2.24, 2.45) is 0 Å². The van der Waals surface area contributed by atoms with Crippen LogP contribution in [0.15, 0.2) is 28.9 Å². The van der Waals surface area contributed by atoms with Crippen LogP contribution in [0, 0.1) is 0 Å². The summed E-state index contributed by atoms with van der Waals surface area (Å²) >= 11 is 0. The molecule has 0 unspecified atom stereocenters. The van der Waals surface area contributed by atoms with E-state index in [2.05, 4.69) is 35.0 Å². The lowest BCUT2D eigenvalue weighted by atomic mass is 10.3. The smallest absolute Gasteiger partial charge is 0.491 e. The number of hydrogen-bond acceptors (Lipinski definition) is 8. The highest BCUT2D eigenvalue weighted by atomic mass is 19.4. The molecule has 2 heterocycles. The Morgan fingerprint density at radius 2 is 1.86 bits per heavy atom. The number of benzene rings is 1. The predicted octanol–water partition coefficient (Wildman–Crippen LogP) is 2.36. The zero-order valence-corrected chi connectivity index (χ0v) is 10.5. The number of fused-ring (bicyclic) bond motifs is 1. The second kappa shape index (κ2) is 5.02. The van der Waals surface area contributed by atoms with E-state index in [9.17, 15) is 18.3 Å². The van der Waals surface area contributed by atoms with Gasteiger partial charge >= 0.3 is 6.36 Å². The van der Waals surface area contributed by atoms with Crippen LogP contribution in [-0.2, 0) is 0 Å². The molecule has 3 rings (SSSR count). The van der Waals surface area contributed by atoms with Gasteiger partial charge in [0, 0.05) is 11.8 Å². The lowest BCUT2D eigenvalue weighted by Gasteiger charge is -2.11. The fourth-order valence-corrected chi connectivity index (χ4v) is 1.62. The molecule has 0 radical (unpaired) electrons. The SMILES string of the molecule is Oc1nc2nonc2nc1Nc1cccc(OC(F)(F)F)c1. The molecule has 0 saturated heterocycles. The third-order valence-corrected chi connectivity index (χ3v) is 2.43. The van der Waals surface area contributed by atoms with Crippen molar-refractivity contribution in [3.8, 4) is 11.6 Å². The summed E-state index contributed by atoms with van der Waals surface area (Å²) in [5.74, 6) is -1.05. The minimum atomic E-state index is -4.80. The number of anilines is 2. The molecule has 0 spiro atoms. The summed E-state index contributed by atoms with van der Waals surface area (Å²) in [7, 11) is 0. The Hall–Kier alpha value is -3.11. The third kappa shape index (κ3) is 2.97. The number of hydrogen-bond donors (Lipinski definition) is 2. The number of rotatable bonds is 3. The van der Waals surface area contributed by atoms with Gasteiger partial charge in [-0.05, 0) is 22.4 Å². The van der Waals surface area contributed by atoms with Gasteiger partial charge in [0.1, 0.15) is 5.75 Å². The van der Waals surface area contributed by atoms with Crippen LogP contribution in [-0.4, -0.2) is 31.8 Å². The number of alkyl halides is 3. The van der Waals surface area contributed by atoms with Crippen LogP contribution in [0.3, 0.4) is 0 Å². The minimum Gasteiger partial charge on any atom is -0.491 e. The molecule has 22 heavy (non-hydrogen) atoms. The number of halogens is 3. The van der Waals surface area contributed by atoms with Gasteiger partial charge in [-0.25, -0.2) is 4.63 Å². The highest BCUT2D eigenvalue weighted by Crippen LogP contribution is 2.28. The Bertz CT molecular complexity index is 820. The topological polar surface area (TPSA) is 106 Å². The second-order valence-electron chi connectivity index (χ2n) is 4.01. The fourth-order valence-electron chi connectivity index (χ4n) is 1.62. The van der Waals surface area contributed by atoms with Crippen LogP contribution in [0.5, 0.6) is 11.6 Å². The summed E-state index contributed by atoms with van der Waals surface area (Å²) < 4.78 is 44.7. The van der Waals surface area contributed by atoms with Gasteiger partial charge in [0.2, 0.25) is 11.3 Å². The zero-order valence-electron chi connectivity index (χ0n) is 10.5. The summed E-state index contributed by atoms with van der Waals surface area (Å²) in [6.45, 7) is 0. The largest absolute Gasteiger partial charge is 0.573 e. The van der Waals surface area contributed by atoms with Crippen LogP contribution in [0.25, 0.3) is 11.3 Å². The van der Waals surface area contributed by atoms with Crippen molar-refractivity contribution in [3.05, 3.63) is 24.3 Å². The van der Waals surface area contributed by atoms with Crippen molar-refractivity contribution in [2.75, 3.05) is 5.32 Å². The highest BCUT2D eigenvalue weighted by molar-refractivity contribution is 5.71. The zero-order chi connectivity index (χ0) is 15.7. The molecule has 0 aliphatic heterocycles.